The van der Waals surface area contributed by atoms with E-state index in [0.717, 1.165) is 19.4 Å². The second-order valence-corrected chi connectivity index (χ2v) is 6.60. The first-order chi connectivity index (χ1) is 12.0. The summed E-state index contributed by atoms with van der Waals surface area (Å²) in [4.78, 5) is 26.0. The number of hydrazone groups is 1. The molecule has 2 heterocycles. The van der Waals surface area contributed by atoms with Crippen molar-refractivity contribution in [3.05, 3.63) is 35.6 Å². The SMILES string of the molecule is CN1N=C(C(=O)N[C@H]2CCCN(Cc3ccccc3F)C2)CCC1=O. The van der Waals surface area contributed by atoms with E-state index < -0.39 is 0 Å². The van der Waals surface area contributed by atoms with Gasteiger partial charge in [-0.2, -0.15) is 5.10 Å². The lowest BCUT2D eigenvalue weighted by molar-refractivity contribution is -0.130. The fourth-order valence-electron chi connectivity index (χ4n) is 3.29. The number of piperidine rings is 1. The molecule has 1 atom stereocenters. The van der Waals surface area contributed by atoms with Gasteiger partial charge < -0.3 is 5.32 Å². The monoisotopic (exact) mass is 346 g/mol. The van der Waals surface area contributed by atoms with E-state index in [9.17, 15) is 14.0 Å². The number of hydrogen-bond acceptors (Lipinski definition) is 4. The van der Waals surface area contributed by atoms with Crippen LogP contribution in [0.3, 0.4) is 0 Å². The highest BCUT2D eigenvalue weighted by molar-refractivity contribution is 6.39. The second-order valence-electron chi connectivity index (χ2n) is 6.60. The van der Waals surface area contributed by atoms with Crippen LogP contribution < -0.4 is 5.32 Å². The molecule has 0 radical (unpaired) electrons. The van der Waals surface area contributed by atoms with Crippen LogP contribution in [-0.2, 0) is 16.1 Å². The summed E-state index contributed by atoms with van der Waals surface area (Å²) in [6, 6.07) is 6.79. The standard InChI is InChI=1S/C18H23FN4O2/c1-22-17(24)9-8-16(21-22)18(25)20-14-6-4-10-23(12-14)11-13-5-2-3-7-15(13)19/h2-3,5,7,14H,4,6,8-12H2,1H3,(H,20,25)/t14-/m0/s1. The van der Waals surface area contributed by atoms with E-state index in [-0.39, 0.29) is 23.7 Å². The smallest absolute Gasteiger partial charge is 0.267 e. The Labute approximate surface area is 146 Å². The van der Waals surface area contributed by atoms with E-state index in [2.05, 4.69) is 15.3 Å². The molecule has 1 N–H and O–H groups in total. The van der Waals surface area contributed by atoms with Crippen LogP contribution in [0.5, 0.6) is 0 Å². The molecule has 3 rings (SSSR count). The van der Waals surface area contributed by atoms with E-state index in [1.165, 1.54) is 11.1 Å². The minimum Gasteiger partial charge on any atom is -0.347 e. The Hall–Kier alpha value is -2.28. The lowest BCUT2D eigenvalue weighted by Crippen LogP contribution is -2.50. The lowest BCUT2D eigenvalue weighted by Gasteiger charge is -2.33. The summed E-state index contributed by atoms with van der Waals surface area (Å²) in [6.07, 6.45) is 2.53. The van der Waals surface area contributed by atoms with Crippen molar-refractivity contribution in [3.63, 3.8) is 0 Å². The first-order valence-corrected chi connectivity index (χ1v) is 8.63. The summed E-state index contributed by atoms with van der Waals surface area (Å²) in [7, 11) is 1.56. The van der Waals surface area contributed by atoms with Crippen molar-refractivity contribution in [1.29, 1.82) is 0 Å². The third-order valence-electron chi connectivity index (χ3n) is 4.66. The van der Waals surface area contributed by atoms with Crippen molar-refractivity contribution in [3.8, 4) is 0 Å². The Kier molecular flexibility index (Phi) is 5.43. The summed E-state index contributed by atoms with van der Waals surface area (Å²) in [5.41, 5.74) is 1.07. The first kappa shape index (κ1) is 17.5. The van der Waals surface area contributed by atoms with Crippen LogP contribution in [0, 0.1) is 5.82 Å². The van der Waals surface area contributed by atoms with Crippen molar-refractivity contribution in [2.75, 3.05) is 20.1 Å². The third kappa shape index (κ3) is 4.42. The number of nitrogens with zero attached hydrogens (tertiary/aromatic N) is 3. The number of benzene rings is 1. The second kappa shape index (κ2) is 7.74. The van der Waals surface area contributed by atoms with Crippen LogP contribution in [0.25, 0.3) is 0 Å². The van der Waals surface area contributed by atoms with Gasteiger partial charge in [-0.3, -0.25) is 14.5 Å². The number of halogens is 1. The van der Waals surface area contributed by atoms with Gasteiger partial charge in [0.2, 0.25) is 5.91 Å². The molecule has 0 unspecified atom stereocenters. The summed E-state index contributed by atoms with van der Waals surface area (Å²) in [5.74, 6) is -0.486. The zero-order valence-electron chi connectivity index (χ0n) is 14.4. The molecule has 7 heteroatoms. The van der Waals surface area contributed by atoms with Crippen molar-refractivity contribution in [2.24, 2.45) is 5.10 Å². The average molecular weight is 346 g/mol. The number of amides is 2. The Balaban J connectivity index is 1.57. The van der Waals surface area contributed by atoms with Crippen molar-refractivity contribution in [1.82, 2.24) is 15.2 Å². The van der Waals surface area contributed by atoms with Crippen LogP contribution in [0.4, 0.5) is 4.39 Å². The van der Waals surface area contributed by atoms with E-state index in [1.54, 1.807) is 19.2 Å². The highest BCUT2D eigenvalue weighted by Gasteiger charge is 2.26. The number of likely N-dealkylation sites (tertiary alicyclic amines) is 1. The molecule has 1 aromatic rings. The van der Waals surface area contributed by atoms with Gasteiger partial charge in [-0.15, -0.1) is 0 Å². The molecule has 1 fully saturated rings. The number of carbonyl (C=O) groups is 2. The lowest BCUT2D eigenvalue weighted by atomic mass is 10.0. The minimum atomic E-state index is -0.211. The van der Waals surface area contributed by atoms with Gasteiger partial charge in [0.15, 0.2) is 0 Å². The van der Waals surface area contributed by atoms with Gasteiger partial charge in [0.25, 0.3) is 5.91 Å². The topological polar surface area (TPSA) is 65.0 Å². The van der Waals surface area contributed by atoms with Gasteiger partial charge in [0.05, 0.1) is 0 Å². The molecule has 1 saturated heterocycles. The van der Waals surface area contributed by atoms with Crippen LogP contribution in [0.2, 0.25) is 0 Å². The summed E-state index contributed by atoms with van der Waals surface area (Å²) < 4.78 is 13.8. The first-order valence-electron chi connectivity index (χ1n) is 8.63. The number of carbonyl (C=O) groups excluding carboxylic acids is 2. The summed E-state index contributed by atoms with van der Waals surface area (Å²) >= 11 is 0. The fraction of sp³-hybridized carbons (Fsp3) is 0.500. The van der Waals surface area contributed by atoms with E-state index in [1.807, 2.05) is 6.07 Å². The van der Waals surface area contributed by atoms with Gasteiger partial charge in [0.1, 0.15) is 11.5 Å². The minimum absolute atomic E-state index is 0.0126. The van der Waals surface area contributed by atoms with Crippen molar-refractivity contribution < 1.29 is 14.0 Å². The highest BCUT2D eigenvalue weighted by atomic mass is 19.1. The number of hydrogen-bond donors (Lipinski definition) is 1. The van der Waals surface area contributed by atoms with Gasteiger partial charge in [-0.1, -0.05) is 18.2 Å². The molecule has 2 amide bonds. The summed E-state index contributed by atoms with van der Waals surface area (Å²) in [6.45, 7) is 2.11. The fourth-order valence-corrected chi connectivity index (χ4v) is 3.29. The molecule has 0 aromatic heterocycles. The summed E-state index contributed by atoms with van der Waals surface area (Å²) in [5, 5.41) is 8.29. The van der Waals surface area contributed by atoms with Crippen LogP contribution in [0.15, 0.2) is 29.4 Å². The Bertz CT molecular complexity index is 691. The maximum atomic E-state index is 13.8. The maximum Gasteiger partial charge on any atom is 0.267 e. The van der Waals surface area contributed by atoms with Gasteiger partial charge in [-0.25, -0.2) is 9.40 Å². The largest absolute Gasteiger partial charge is 0.347 e. The van der Waals surface area contributed by atoms with Crippen LogP contribution in [-0.4, -0.2) is 53.6 Å². The predicted molar refractivity (Wildman–Crippen MR) is 92.3 cm³/mol. The molecule has 6 nitrogen and oxygen atoms in total. The molecule has 0 spiro atoms. The Morgan fingerprint density at radius 1 is 1.36 bits per heavy atom. The highest BCUT2D eigenvalue weighted by Crippen LogP contribution is 2.16. The predicted octanol–water partition coefficient (Wildman–Crippen LogP) is 1.51. The molecule has 0 aliphatic carbocycles. The molecule has 2 aliphatic heterocycles. The average Bonchev–Trinajstić information content (AvgIpc) is 2.60. The third-order valence-corrected chi connectivity index (χ3v) is 4.66. The Morgan fingerprint density at radius 2 is 2.16 bits per heavy atom. The Morgan fingerprint density at radius 3 is 2.92 bits per heavy atom. The van der Waals surface area contributed by atoms with E-state index in [4.69, 9.17) is 0 Å². The molecule has 0 saturated carbocycles. The molecule has 25 heavy (non-hydrogen) atoms. The molecule has 134 valence electrons. The van der Waals surface area contributed by atoms with E-state index in [0.29, 0.717) is 37.2 Å². The van der Waals surface area contributed by atoms with Gasteiger partial charge in [-0.05, 0) is 25.5 Å². The number of nitrogens with one attached hydrogen (secondary N) is 1. The van der Waals surface area contributed by atoms with Crippen LogP contribution >= 0.6 is 0 Å². The molecule has 1 aromatic carbocycles. The van der Waals surface area contributed by atoms with E-state index >= 15 is 0 Å². The van der Waals surface area contributed by atoms with Gasteiger partial charge >= 0.3 is 0 Å². The molecular formula is C18H23FN4O2. The zero-order chi connectivity index (χ0) is 17.8. The molecule has 2 aliphatic rings. The molecule has 0 bridgehead atoms. The molecular weight excluding hydrogens is 323 g/mol. The zero-order valence-corrected chi connectivity index (χ0v) is 14.4. The normalized spacial score (nSPS) is 21.8. The van der Waals surface area contributed by atoms with Crippen molar-refractivity contribution >= 4 is 17.5 Å². The maximum absolute atomic E-state index is 13.8. The van der Waals surface area contributed by atoms with Crippen molar-refractivity contribution in [2.45, 2.75) is 38.3 Å². The number of rotatable bonds is 4. The van der Waals surface area contributed by atoms with Gasteiger partial charge in [0, 0.05) is 44.6 Å². The van der Waals surface area contributed by atoms with Crippen LogP contribution in [0.1, 0.15) is 31.2 Å². The quantitative estimate of drug-likeness (QED) is 0.899.